The van der Waals surface area contributed by atoms with E-state index in [-0.39, 0.29) is 5.91 Å². The Kier molecular flexibility index (Phi) is 4.77. The van der Waals surface area contributed by atoms with E-state index in [1.54, 1.807) is 6.20 Å². The minimum Gasteiger partial charge on any atom is -0.371 e. The average Bonchev–Trinajstić information content (AvgIpc) is 3.18. The van der Waals surface area contributed by atoms with Crippen molar-refractivity contribution in [1.82, 2.24) is 14.7 Å². The first-order valence-corrected chi connectivity index (χ1v) is 11.1. The SMILES string of the molecule is N=S1(=O)CCC2(CC1)CN(C(=O)c1ccc(Cn3cccn3)cc1)CCO2. The molecule has 0 bridgehead atoms. The van der Waals surface area contributed by atoms with Gasteiger partial charge in [-0.15, -0.1) is 0 Å². The van der Waals surface area contributed by atoms with Crippen LogP contribution in [-0.4, -0.2) is 61.6 Å². The van der Waals surface area contributed by atoms with Crippen LogP contribution in [0.25, 0.3) is 0 Å². The van der Waals surface area contributed by atoms with Crippen molar-refractivity contribution < 1.29 is 13.7 Å². The summed E-state index contributed by atoms with van der Waals surface area (Å²) in [6.45, 7) is 2.24. The maximum atomic E-state index is 12.9. The summed E-state index contributed by atoms with van der Waals surface area (Å²) in [7, 11) is -2.46. The highest BCUT2D eigenvalue weighted by atomic mass is 32.2. The monoisotopic (exact) mass is 388 g/mol. The van der Waals surface area contributed by atoms with Gasteiger partial charge in [-0.1, -0.05) is 12.1 Å². The van der Waals surface area contributed by atoms with Crippen molar-refractivity contribution in [2.45, 2.75) is 25.0 Å². The molecule has 1 spiro atoms. The number of hydrogen-bond donors (Lipinski definition) is 1. The van der Waals surface area contributed by atoms with E-state index >= 15 is 0 Å². The van der Waals surface area contributed by atoms with E-state index in [1.165, 1.54) is 0 Å². The molecule has 0 radical (unpaired) electrons. The largest absolute Gasteiger partial charge is 0.371 e. The molecule has 2 aliphatic rings. The van der Waals surface area contributed by atoms with Gasteiger partial charge in [0.25, 0.3) is 5.91 Å². The van der Waals surface area contributed by atoms with Crippen LogP contribution in [-0.2, 0) is 21.0 Å². The third-order valence-corrected chi connectivity index (χ3v) is 7.14. The standard InChI is InChI=1S/C19H24N4O3S/c20-27(25)12-6-19(7-13-27)15-22(10-11-26-19)18(24)17-4-2-16(3-5-17)14-23-9-1-8-21-23/h1-5,8-9,20H,6-7,10-15H2. The van der Waals surface area contributed by atoms with Crippen LogP contribution < -0.4 is 0 Å². The van der Waals surface area contributed by atoms with Gasteiger partial charge in [-0.3, -0.25) is 14.3 Å². The summed E-state index contributed by atoms with van der Waals surface area (Å²) in [6, 6.07) is 9.53. The second-order valence-corrected chi connectivity index (χ2v) is 9.82. The lowest BCUT2D eigenvalue weighted by Gasteiger charge is -2.45. The number of carbonyl (C=O) groups excluding carboxylic acids is 1. The Labute approximate surface area is 159 Å². The van der Waals surface area contributed by atoms with E-state index in [1.807, 2.05) is 46.1 Å². The maximum absolute atomic E-state index is 12.9. The van der Waals surface area contributed by atoms with Gasteiger partial charge >= 0.3 is 0 Å². The summed E-state index contributed by atoms with van der Waals surface area (Å²) >= 11 is 0. The van der Waals surface area contributed by atoms with Crippen LogP contribution in [0.15, 0.2) is 42.7 Å². The molecule has 1 N–H and O–H groups in total. The summed E-state index contributed by atoms with van der Waals surface area (Å²) in [5.74, 6) is 0.717. The summed E-state index contributed by atoms with van der Waals surface area (Å²) in [5.41, 5.74) is 1.32. The molecule has 0 unspecified atom stereocenters. The Balaban J connectivity index is 1.43. The van der Waals surface area contributed by atoms with E-state index in [4.69, 9.17) is 9.52 Å². The average molecular weight is 388 g/mol. The first-order valence-electron chi connectivity index (χ1n) is 9.19. The molecule has 1 aromatic carbocycles. The van der Waals surface area contributed by atoms with E-state index in [2.05, 4.69) is 5.10 Å². The molecule has 2 saturated heterocycles. The molecular formula is C19H24N4O3S. The highest BCUT2D eigenvalue weighted by Crippen LogP contribution is 2.32. The van der Waals surface area contributed by atoms with Gasteiger partial charge in [0.05, 0.1) is 25.3 Å². The van der Waals surface area contributed by atoms with Gasteiger partial charge in [-0.2, -0.15) is 5.10 Å². The Morgan fingerprint density at radius 2 is 2.00 bits per heavy atom. The first kappa shape index (κ1) is 18.2. The molecule has 0 saturated carbocycles. The van der Waals surface area contributed by atoms with E-state index in [0.717, 1.165) is 5.56 Å². The highest BCUT2D eigenvalue weighted by molar-refractivity contribution is 7.92. The van der Waals surface area contributed by atoms with Crippen molar-refractivity contribution in [3.05, 3.63) is 53.9 Å². The van der Waals surface area contributed by atoms with Crippen LogP contribution in [0.2, 0.25) is 0 Å². The van der Waals surface area contributed by atoms with Crippen LogP contribution in [0.4, 0.5) is 0 Å². The van der Waals surface area contributed by atoms with Gasteiger partial charge in [0.15, 0.2) is 0 Å². The van der Waals surface area contributed by atoms with Crippen LogP contribution in [0.3, 0.4) is 0 Å². The van der Waals surface area contributed by atoms with Gasteiger partial charge in [0, 0.05) is 45.7 Å². The molecule has 2 aliphatic heterocycles. The predicted octanol–water partition coefficient (Wildman–Crippen LogP) is 1.98. The minimum absolute atomic E-state index is 0.000458. The van der Waals surface area contributed by atoms with Gasteiger partial charge in [0.1, 0.15) is 0 Å². The van der Waals surface area contributed by atoms with E-state index < -0.39 is 15.3 Å². The zero-order chi connectivity index (χ0) is 18.9. The summed E-state index contributed by atoms with van der Waals surface area (Å²) in [6.07, 6.45) is 4.83. The molecule has 27 heavy (non-hydrogen) atoms. The van der Waals surface area contributed by atoms with Crippen molar-refractivity contribution in [3.8, 4) is 0 Å². The van der Waals surface area contributed by atoms with Gasteiger partial charge in [-0.25, -0.2) is 4.21 Å². The van der Waals surface area contributed by atoms with Crippen molar-refractivity contribution >= 4 is 15.6 Å². The third-order valence-electron chi connectivity index (χ3n) is 5.42. The number of nitrogens with zero attached hydrogens (tertiary/aromatic N) is 3. The minimum atomic E-state index is -2.46. The number of ether oxygens (including phenoxy) is 1. The fourth-order valence-electron chi connectivity index (χ4n) is 3.77. The predicted molar refractivity (Wildman–Crippen MR) is 102 cm³/mol. The van der Waals surface area contributed by atoms with Crippen molar-refractivity contribution in [2.24, 2.45) is 0 Å². The van der Waals surface area contributed by atoms with Gasteiger partial charge < -0.3 is 9.64 Å². The molecular weight excluding hydrogens is 364 g/mol. The second-order valence-electron chi connectivity index (χ2n) is 7.38. The number of hydrogen-bond acceptors (Lipinski definition) is 5. The number of aromatic nitrogens is 2. The summed E-state index contributed by atoms with van der Waals surface area (Å²) < 4.78 is 27.5. The zero-order valence-corrected chi connectivity index (χ0v) is 16.0. The van der Waals surface area contributed by atoms with Crippen LogP contribution in [0.1, 0.15) is 28.8 Å². The van der Waals surface area contributed by atoms with E-state index in [9.17, 15) is 9.00 Å². The molecule has 1 aromatic heterocycles. The number of morpholine rings is 1. The molecule has 7 nitrogen and oxygen atoms in total. The molecule has 8 heteroatoms. The molecule has 144 valence electrons. The Morgan fingerprint density at radius 3 is 2.67 bits per heavy atom. The van der Waals surface area contributed by atoms with Crippen molar-refractivity contribution in [2.75, 3.05) is 31.2 Å². The number of carbonyl (C=O) groups is 1. The number of rotatable bonds is 3. The molecule has 3 heterocycles. The van der Waals surface area contributed by atoms with Gasteiger partial charge in [-0.05, 0) is 36.6 Å². The van der Waals surface area contributed by atoms with Crippen LogP contribution in [0, 0.1) is 4.78 Å². The Morgan fingerprint density at radius 1 is 1.26 bits per heavy atom. The zero-order valence-electron chi connectivity index (χ0n) is 15.2. The van der Waals surface area contributed by atoms with Gasteiger partial charge in [0.2, 0.25) is 0 Å². The fourth-order valence-corrected chi connectivity index (χ4v) is 5.37. The summed E-state index contributed by atoms with van der Waals surface area (Å²) in [5, 5.41) is 4.19. The number of nitrogens with one attached hydrogen (secondary N) is 1. The van der Waals surface area contributed by atoms with Crippen LogP contribution in [0.5, 0.6) is 0 Å². The maximum Gasteiger partial charge on any atom is 0.254 e. The molecule has 0 aliphatic carbocycles. The molecule has 0 atom stereocenters. The first-order chi connectivity index (χ1) is 12.9. The number of benzene rings is 1. The quantitative estimate of drug-likeness (QED) is 0.871. The lowest BCUT2D eigenvalue weighted by atomic mass is 9.94. The number of amides is 1. The topological polar surface area (TPSA) is 88.3 Å². The molecule has 4 rings (SSSR count). The fraction of sp³-hybridized carbons (Fsp3) is 0.474. The van der Waals surface area contributed by atoms with E-state index in [0.29, 0.717) is 56.2 Å². The lowest BCUT2D eigenvalue weighted by Crippen LogP contribution is -2.56. The third kappa shape index (κ3) is 4.06. The Hall–Kier alpha value is -2.19. The normalized spacial score (nSPS) is 28.4. The van der Waals surface area contributed by atoms with Crippen molar-refractivity contribution in [3.63, 3.8) is 0 Å². The highest BCUT2D eigenvalue weighted by Gasteiger charge is 2.42. The molecule has 2 aromatic rings. The Bertz CT molecular complexity index is 893. The van der Waals surface area contributed by atoms with Crippen molar-refractivity contribution in [1.29, 1.82) is 4.78 Å². The second kappa shape index (κ2) is 7.09. The molecule has 2 fully saturated rings. The smallest absolute Gasteiger partial charge is 0.254 e. The summed E-state index contributed by atoms with van der Waals surface area (Å²) in [4.78, 5) is 14.8. The molecule has 1 amide bonds. The lowest BCUT2D eigenvalue weighted by molar-refractivity contribution is -0.104. The van der Waals surface area contributed by atoms with Crippen LogP contribution >= 0.6 is 0 Å².